The SMILES string of the molecule is Cc1cc(C(=O)OCC2CO2)ccc1I. The van der Waals surface area contributed by atoms with Gasteiger partial charge in [0.15, 0.2) is 0 Å². The van der Waals surface area contributed by atoms with Gasteiger partial charge < -0.3 is 9.47 Å². The molecule has 0 radical (unpaired) electrons. The molecule has 1 aromatic carbocycles. The highest BCUT2D eigenvalue weighted by atomic mass is 127. The molecule has 0 spiro atoms. The Morgan fingerprint density at radius 2 is 2.40 bits per heavy atom. The van der Waals surface area contributed by atoms with Crippen LogP contribution in [0, 0.1) is 10.5 Å². The summed E-state index contributed by atoms with van der Waals surface area (Å²) in [6.45, 7) is 3.05. The highest BCUT2D eigenvalue weighted by Gasteiger charge is 2.24. The molecule has 15 heavy (non-hydrogen) atoms. The Morgan fingerprint density at radius 1 is 1.67 bits per heavy atom. The van der Waals surface area contributed by atoms with Crippen LogP contribution in [-0.4, -0.2) is 25.3 Å². The van der Waals surface area contributed by atoms with Crippen LogP contribution in [0.2, 0.25) is 0 Å². The third-order valence-corrected chi connectivity index (χ3v) is 3.41. The zero-order chi connectivity index (χ0) is 10.8. The number of hydrogen-bond donors (Lipinski definition) is 0. The maximum Gasteiger partial charge on any atom is 0.338 e. The molecule has 0 aromatic heterocycles. The first kappa shape index (κ1) is 10.9. The molecule has 0 N–H and O–H groups in total. The third-order valence-electron chi connectivity index (χ3n) is 2.20. The van der Waals surface area contributed by atoms with Crippen molar-refractivity contribution in [2.45, 2.75) is 13.0 Å². The number of esters is 1. The Morgan fingerprint density at radius 3 is 3.00 bits per heavy atom. The van der Waals surface area contributed by atoms with Gasteiger partial charge in [0.1, 0.15) is 12.7 Å². The number of rotatable bonds is 3. The van der Waals surface area contributed by atoms with E-state index in [1.165, 1.54) is 0 Å². The van der Waals surface area contributed by atoms with Crippen molar-refractivity contribution < 1.29 is 14.3 Å². The van der Waals surface area contributed by atoms with E-state index < -0.39 is 0 Å². The minimum absolute atomic E-state index is 0.124. The number of epoxide rings is 1. The smallest absolute Gasteiger partial charge is 0.338 e. The molecule has 0 aliphatic carbocycles. The van der Waals surface area contributed by atoms with Crippen LogP contribution in [0.3, 0.4) is 0 Å². The van der Waals surface area contributed by atoms with Crippen molar-refractivity contribution in [2.75, 3.05) is 13.2 Å². The fourth-order valence-corrected chi connectivity index (χ4v) is 1.52. The minimum atomic E-state index is -0.273. The minimum Gasteiger partial charge on any atom is -0.459 e. The summed E-state index contributed by atoms with van der Waals surface area (Å²) in [5.74, 6) is -0.273. The highest BCUT2D eigenvalue weighted by molar-refractivity contribution is 14.1. The monoisotopic (exact) mass is 318 g/mol. The van der Waals surface area contributed by atoms with Crippen molar-refractivity contribution in [3.05, 3.63) is 32.9 Å². The first-order chi connectivity index (χ1) is 7.16. The second-order valence-corrected chi connectivity index (χ2v) is 4.68. The summed E-state index contributed by atoms with van der Waals surface area (Å²) in [6.07, 6.45) is 0.124. The summed E-state index contributed by atoms with van der Waals surface area (Å²) in [7, 11) is 0. The van der Waals surface area contributed by atoms with Gasteiger partial charge in [-0.1, -0.05) is 0 Å². The molecule has 3 nitrogen and oxygen atoms in total. The first-order valence-electron chi connectivity index (χ1n) is 4.71. The van der Waals surface area contributed by atoms with E-state index in [-0.39, 0.29) is 12.1 Å². The molecule has 1 unspecified atom stereocenters. The van der Waals surface area contributed by atoms with Crippen molar-refractivity contribution in [3.8, 4) is 0 Å². The van der Waals surface area contributed by atoms with E-state index in [0.29, 0.717) is 18.8 Å². The fraction of sp³-hybridized carbons (Fsp3) is 0.364. The largest absolute Gasteiger partial charge is 0.459 e. The second kappa shape index (κ2) is 4.49. The van der Waals surface area contributed by atoms with Gasteiger partial charge in [0, 0.05) is 3.57 Å². The maximum atomic E-state index is 11.6. The maximum absolute atomic E-state index is 11.6. The van der Waals surface area contributed by atoms with Crippen molar-refractivity contribution in [2.24, 2.45) is 0 Å². The molecule has 1 fully saturated rings. The van der Waals surface area contributed by atoms with E-state index >= 15 is 0 Å². The highest BCUT2D eigenvalue weighted by Crippen LogP contribution is 2.15. The number of carbonyl (C=O) groups is 1. The molecule has 80 valence electrons. The van der Waals surface area contributed by atoms with E-state index in [0.717, 1.165) is 9.13 Å². The van der Waals surface area contributed by atoms with Crippen molar-refractivity contribution in [1.82, 2.24) is 0 Å². The van der Waals surface area contributed by atoms with Crippen molar-refractivity contribution in [1.29, 1.82) is 0 Å². The summed E-state index contributed by atoms with van der Waals surface area (Å²) in [5.41, 5.74) is 1.70. The van der Waals surface area contributed by atoms with E-state index in [4.69, 9.17) is 9.47 Å². The lowest BCUT2D eigenvalue weighted by Crippen LogP contribution is -2.10. The molecule has 0 amide bonds. The number of ether oxygens (including phenoxy) is 2. The molecular weight excluding hydrogens is 307 g/mol. The van der Waals surface area contributed by atoms with Crippen LogP contribution >= 0.6 is 22.6 Å². The van der Waals surface area contributed by atoms with Crippen LogP contribution in [0.25, 0.3) is 0 Å². The normalized spacial score (nSPS) is 18.7. The molecule has 1 aromatic rings. The number of benzene rings is 1. The molecule has 1 atom stereocenters. The summed E-state index contributed by atoms with van der Waals surface area (Å²) in [5, 5.41) is 0. The Balaban J connectivity index is 2.00. The Labute approximate surface area is 102 Å². The molecule has 0 bridgehead atoms. The quantitative estimate of drug-likeness (QED) is 0.487. The summed E-state index contributed by atoms with van der Waals surface area (Å²) >= 11 is 2.23. The molecule has 1 aliphatic rings. The summed E-state index contributed by atoms with van der Waals surface area (Å²) < 4.78 is 11.2. The predicted molar refractivity (Wildman–Crippen MR) is 63.9 cm³/mol. The lowest BCUT2D eigenvalue weighted by molar-refractivity contribution is 0.0476. The Bertz CT molecular complexity index is 385. The number of aryl methyl sites for hydroxylation is 1. The van der Waals surface area contributed by atoms with Gasteiger partial charge in [-0.2, -0.15) is 0 Å². The Hall–Kier alpha value is -0.620. The summed E-state index contributed by atoms with van der Waals surface area (Å²) in [4.78, 5) is 11.6. The van der Waals surface area contributed by atoms with Gasteiger partial charge in [-0.05, 0) is 53.3 Å². The first-order valence-corrected chi connectivity index (χ1v) is 5.79. The van der Waals surface area contributed by atoms with E-state index in [1.54, 1.807) is 6.07 Å². The van der Waals surface area contributed by atoms with Crippen LogP contribution in [-0.2, 0) is 9.47 Å². The van der Waals surface area contributed by atoms with Gasteiger partial charge in [0.2, 0.25) is 0 Å². The molecular formula is C11H11IO3. The van der Waals surface area contributed by atoms with Gasteiger partial charge >= 0.3 is 5.97 Å². The van der Waals surface area contributed by atoms with Crippen LogP contribution in [0.1, 0.15) is 15.9 Å². The van der Waals surface area contributed by atoms with E-state index in [1.807, 2.05) is 19.1 Å². The predicted octanol–water partition coefficient (Wildman–Crippen LogP) is 2.16. The van der Waals surface area contributed by atoms with E-state index in [2.05, 4.69) is 22.6 Å². The topological polar surface area (TPSA) is 38.8 Å². The Kier molecular flexibility index (Phi) is 3.25. The van der Waals surface area contributed by atoms with Crippen molar-refractivity contribution >= 4 is 28.6 Å². The van der Waals surface area contributed by atoms with Gasteiger partial charge in [0.25, 0.3) is 0 Å². The third kappa shape index (κ3) is 2.92. The van der Waals surface area contributed by atoms with Gasteiger partial charge in [-0.15, -0.1) is 0 Å². The van der Waals surface area contributed by atoms with E-state index in [9.17, 15) is 4.79 Å². The summed E-state index contributed by atoms with van der Waals surface area (Å²) in [6, 6.07) is 5.54. The van der Waals surface area contributed by atoms with Crippen LogP contribution < -0.4 is 0 Å². The number of halogens is 1. The van der Waals surface area contributed by atoms with Gasteiger partial charge in [-0.25, -0.2) is 4.79 Å². The van der Waals surface area contributed by atoms with Crippen LogP contribution in [0.4, 0.5) is 0 Å². The molecule has 0 saturated carbocycles. The fourth-order valence-electron chi connectivity index (χ4n) is 1.19. The average molecular weight is 318 g/mol. The lowest BCUT2D eigenvalue weighted by Gasteiger charge is -2.04. The lowest BCUT2D eigenvalue weighted by atomic mass is 10.1. The standard InChI is InChI=1S/C11H11IO3/c1-7-4-8(2-3-10(7)12)11(13)15-6-9-5-14-9/h2-4,9H,5-6H2,1H3. The zero-order valence-electron chi connectivity index (χ0n) is 8.33. The molecule has 1 saturated heterocycles. The number of carbonyl (C=O) groups excluding carboxylic acids is 1. The second-order valence-electron chi connectivity index (χ2n) is 3.52. The number of hydrogen-bond acceptors (Lipinski definition) is 3. The van der Waals surface area contributed by atoms with Gasteiger partial charge in [-0.3, -0.25) is 0 Å². The molecule has 4 heteroatoms. The van der Waals surface area contributed by atoms with Crippen LogP contribution in [0.15, 0.2) is 18.2 Å². The molecule has 2 rings (SSSR count). The average Bonchev–Trinajstić information content (AvgIpc) is 3.02. The van der Waals surface area contributed by atoms with Crippen LogP contribution in [0.5, 0.6) is 0 Å². The zero-order valence-corrected chi connectivity index (χ0v) is 10.5. The van der Waals surface area contributed by atoms with Gasteiger partial charge in [0.05, 0.1) is 12.2 Å². The molecule has 1 heterocycles. The molecule has 1 aliphatic heterocycles. The van der Waals surface area contributed by atoms with Crippen molar-refractivity contribution in [3.63, 3.8) is 0 Å².